The molecule has 128 valence electrons. The van der Waals surface area contributed by atoms with Gasteiger partial charge in [-0.3, -0.25) is 9.59 Å². The smallest absolute Gasteiger partial charge is 0.320 e. The predicted octanol–water partition coefficient (Wildman–Crippen LogP) is 1.58. The molecule has 0 saturated carbocycles. The number of hydrogen-bond acceptors (Lipinski definition) is 5. The lowest BCUT2D eigenvalue weighted by Crippen LogP contribution is -2.34. The van der Waals surface area contributed by atoms with Crippen molar-refractivity contribution in [3.63, 3.8) is 0 Å². The molecule has 1 heterocycles. The molecule has 2 N–H and O–H groups in total. The summed E-state index contributed by atoms with van der Waals surface area (Å²) in [5.74, 6) is -3.26. The first kappa shape index (κ1) is 17.3. The van der Waals surface area contributed by atoms with E-state index in [1.54, 1.807) is 31.3 Å². The molecule has 0 spiro atoms. The van der Waals surface area contributed by atoms with Gasteiger partial charge in [-0.05, 0) is 19.1 Å². The molecule has 1 atom stereocenters. The third-order valence-electron chi connectivity index (χ3n) is 3.77. The molecule has 1 aromatic carbocycles. The van der Waals surface area contributed by atoms with Gasteiger partial charge in [0.25, 0.3) is 0 Å². The molecule has 1 unspecified atom stereocenters. The monoisotopic (exact) mass is 334 g/mol. The summed E-state index contributed by atoms with van der Waals surface area (Å²) in [6.45, 7) is 1.67. The zero-order chi connectivity index (χ0) is 17.9. The molecule has 0 saturated heterocycles. The van der Waals surface area contributed by atoms with Crippen LogP contribution in [-0.4, -0.2) is 45.9 Å². The van der Waals surface area contributed by atoms with E-state index in [9.17, 15) is 19.8 Å². The summed E-state index contributed by atoms with van der Waals surface area (Å²) in [4.78, 5) is 27.3. The number of benzene rings is 1. The summed E-state index contributed by atoms with van der Waals surface area (Å²) in [7, 11) is 2.91. The minimum Gasteiger partial charge on any atom is -0.497 e. The fraction of sp³-hybridized carbons (Fsp3) is 0.312. The second-order valence-electron chi connectivity index (χ2n) is 5.09. The van der Waals surface area contributed by atoms with E-state index in [2.05, 4.69) is 4.98 Å². The van der Waals surface area contributed by atoms with E-state index in [-0.39, 0.29) is 0 Å². The molecular formula is C16H18N2O6. The second-order valence-corrected chi connectivity index (χ2v) is 5.09. The van der Waals surface area contributed by atoms with Gasteiger partial charge in [-0.25, -0.2) is 4.98 Å². The number of imidazole rings is 1. The maximum Gasteiger partial charge on any atom is 0.320 e. The van der Waals surface area contributed by atoms with E-state index in [1.807, 2.05) is 0 Å². The first-order valence-electron chi connectivity index (χ1n) is 7.07. The van der Waals surface area contributed by atoms with Crippen molar-refractivity contribution in [1.82, 2.24) is 9.55 Å². The van der Waals surface area contributed by atoms with E-state index in [1.165, 1.54) is 25.0 Å². The van der Waals surface area contributed by atoms with Crippen LogP contribution in [0.25, 0.3) is 0 Å². The number of carboxylic acids is 2. The van der Waals surface area contributed by atoms with Gasteiger partial charge in [-0.15, -0.1) is 0 Å². The summed E-state index contributed by atoms with van der Waals surface area (Å²) in [6, 6.07) is 3.77. The van der Waals surface area contributed by atoms with Crippen LogP contribution in [0.1, 0.15) is 17.4 Å². The Morgan fingerprint density at radius 2 is 1.83 bits per heavy atom. The lowest BCUT2D eigenvalue weighted by molar-refractivity contribution is -0.156. The number of hydrogen-bond donors (Lipinski definition) is 2. The number of aryl methyl sites for hydroxylation is 1. The van der Waals surface area contributed by atoms with E-state index in [0.29, 0.717) is 22.9 Å². The number of nitrogens with zero attached hydrogens (tertiary/aromatic N) is 2. The van der Waals surface area contributed by atoms with Crippen molar-refractivity contribution in [3.8, 4) is 11.5 Å². The molecule has 24 heavy (non-hydrogen) atoms. The van der Waals surface area contributed by atoms with Crippen molar-refractivity contribution in [2.24, 2.45) is 5.92 Å². The Morgan fingerprint density at radius 3 is 2.29 bits per heavy atom. The fourth-order valence-electron chi connectivity index (χ4n) is 2.61. The van der Waals surface area contributed by atoms with Crippen LogP contribution in [0.3, 0.4) is 0 Å². The first-order valence-corrected chi connectivity index (χ1v) is 7.07. The summed E-state index contributed by atoms with van der Waals surface area (Å²) >= 11 is 0. The standard InChI is InChI=1S/C16H18N2O6/c1-9-17-6-7-18(9)14(13(15(19)20)16(21)22)11-5-4-10(23-2)8-12(11)24-3/h4-8,13-14H,1-3H3,(H,19,20)(H,21,22). The van der Waals surface area contributed by atoms with Gasteiger partial charge in [0.1, 0.15) is 17.3 Å². The summed E-state index contributed by atoms with van der Waals surface area (Å²) in [6.07, 6.45) is 3.03. The lowest BCUT2D eigenvalue weighted by Gasteiger charge is -2.26. The molecule has 0 aliphatic heterocycles. The minimum absolute atomic E-state index is 0.333. The van der Waals surface area contributed by atoms with Gasteiger partial charge in [-0.2, -0.15) is 0 Å². The molecular weight excluding hydrogens is 316 g/mol. The number of aromatic nitrogens is 2. The molecule has 0 fully saturated rings. The Labute approximate surface area is 138 Å². The van der Waals surface area contributed by atoms with Gasteiger partial charge < -0.3 is 24.3 Å². The van der Waals surface area contributed by atoms with Crippen molar-refractivity contribution in [3.05, 3.63) is 42.0 Å². The highest BCUT2D eigenvalue weighted by molar-refractivity contribution is 5.94. The number of ether oxygens (including phenoxy) is 2. The van der Waals surface area contributed by atoms with Crippen LogP contribution in [0.2, 0.25) is 0 Å². The normalized spacial score (nSPS) is 12.0. The van der Waals surface area contributed by atoms with Gasteiger partial charge in [-0.1, -0.05) is 0 Å². The molecule has 0 aliphatic carbocycles. The van der Waals surface area contributed by atoms with E-state index in [0.717, 1.165) is 0 Å². The SMILES string of the molecule is COc1ccc(C(C(C(=O)O)C(=O)O)n2ccnc2C)c(OC)c1. The van der Waals surface area contributed by atoms with Crippen molar-refractivity contribution in [2.45, 2.75) is 13.0 Å². The summed E-state index contributed by atoms with van der Waals surface area (Å²) in [5.41, 5.74) is 0.411. The maximum absolute atomic E-state index is 11.6. The largest absolute Gasteiger partial charge is 0.497 e. The number of carboxylic acid groups (broad SMARTS) is 2. The molecule has 8 heteroatoms. The zero-order valence-corrected chi connectivity index (χ0v) is 13.5. The van der Waals surface area contributed by atoms with Crippen LogP contribution in [0.4, 0.5) is 0 Å². The molecule has 0 aliphatic rings. The topological polar surface area (TPSA) is 111 Å². The number of rotatable bonds is 7. The molecule has 2 rings (SSSR count). The van der Waals surface area contributed by atoms with Crippen LogP contribution in [0.15, 0.2) is 30.6 Å². The number of aliphatic carboxylic acids is 2. The molecule has 1 aromatic heterocycles. The molecule has 0 radical (unpaired) electrons. The van der Waals surface area contributed by atoms with Crippen LogP contribution in [-0.2, 0) is 9.59 Å². The Balaban J connectivity index is 2.69. The lowest BCUT2D eigenvalue weighted by atomic mass is 9.91. The minimum atomic E-state index is -1.71. The molecule has 8 nitrogen and oxygen atoms in total. The molecule has 2 aromatic rings. The van der Waals surface area contributed by atoms with Gasteiger partial charge in [0, 0.05) is 24.0 Å². The van der Waals surface area contributed by atoms with Crippen LogP contribution < -0.4 is 9.47 Å². The summed E-state index contributed by atoms with van der Waals surface area (Å²) < 4.78 is 12.0. The third-order valence-corrected chi connectivity index (χ3v) is 3.77. The van der Waals surface area contributed by atoms with Crippen molar-refractivity contribution in [1.29, 1.82) is 0 Å². The van der Waals surface area contributed by atoms with Gasteiger partial charge in [0.2, 0.25) is 0 Å². The van der Waals surface area contributed by atoms with Crippen LogP contribution in [0, 0.1) is 12.8 Å². The maximum atomic E-state index is 11.6. The third kappa shape index (κ3) is 3.17. The Morgan fingerprint density at radius 1 is 1.17 bits per heavy atom. The highest BCUT2D eigenvalue weighted by Crippen LogP contribution is 2.36. The van der Waals surface area contributed by atoms with E-state index >= 15 is 0 Å². The highest BCUT2D eigenvalue weighted by atomic mass is 16.5. The molecule has 0 amide bonds. The van der Waals surface area contributed by atoms with Gasteiger partial charge in [0.15, 0.2) is 5.92 Å². The zero-order valence-electron chi connectivity index (χ0n) is 13.5. The average Bonchev–Trinajstić information content (AvgIpc) is 2.96. The van der Waals surface area contributed by atoms with Gasteiger partial charge in [0.05, 0.1) is 20.3 Å². The van der Waals surface area contributed by atoms with Crippen molar-refractivity contribution >= 4 is 11.9 Å². The second kappa shape index (κ2) is 7.03. The Kier molecular flexibility index (Phi) is 5.08. The predicted molar refractivity (Wildman–Crippen MR) is 83.4 cm³/mol. The van der Waals surface area contributed by atoms with Crippen molar-refractivity contribution < 1.29 is 29.3 Å². The number of methoxy groups -OCH3 is 2. The Hall–Kier alpha value is -3.03. The van der Waals surface area contributed by atoms with Crippen LogP contribution >= 0.6 is 0 Å². The van der Waals surface area contributed by atoms with E-state index < -0.39 is 23.9 Å². The first-order chi connectivity index (χ1) is 11.4. The quantitative estimate of drug-likeness (QED) is 0.740. The summed E-state index contributed by atoms with van der Waals surface area (Å²) in [5, 5.41) is 18.9. The average molecular weight is 334 g/mol. The van der Waals surface area contributed by atoms with Crippen LogP contribution in [0.5, 0.6) is 11.5 Å². The van der Waals surface area contributed by atoms with Gasteiger partial charge >= 0.3 is 11.9 Å². The molecule has 0 bridgehead atoms. The van der Waals surface area contributed by atoms with E-state index in [4.69, 9.17) is 9.47 Å². The highest BCUT2D eigenvalue weighted by Gasteiger charge is 2.39. The number of carbonyl (C=O) groups is 2. The van der Waals surface area contributed by atoms with Crippen molar-refractivity contribution in [2.75, 3.05) is 14.2 Å². The fourth-order valence-corrected chi connectivity index (χ4v) is 2.61. The Bertz CT molecular complexity index is 741.